The molecule has 0 aromatic rings. The molecule has 0 unspecified atom stereocenters. The summed E-state index contributed by atoms with van der Waals surface area (Å²) in [7, 11) is 0. The Morgan fingerprint density at radius 3 is 1.03 bits per heavy atom. The van der Waals surface area contributed by atoms with Crippen molar-refractivity contribution >= 4 is 40.7 Å². The zero-order valence-electron chi connectivity index (χ0n) is 18.2. The molecule has 0 rings (SSSR count). The molecule has 0 spiro atoms. The monoisotopic (exact) mass is 550 g/mol. The second-order valence-electron chi connectivity index (χ2n) is 7.27. The van der Waals surface area contributed by atoms with Crippen molar-refractivity contribution in [3.05, 3.63) is 0 Å². The van der Waals surface area contributed by atoms with Crippen LogP contribution in [0, 0.1) is 0 Å². The zero-order valence-corrected chi connectivity index (χ0v) is 21.5. The zero-order chi connectivity index (χ0) is 23.6. The minimum atomic E-state index is -4.39. The summed E-state index contributed by atoms with van der Waals surface area (Å²) in [6.07, 6.45) is 5.02. The third-order valence-electron chi connectivity index (χ3n) is 4.45. The van der Waals surface area contributed by atoms with Gasteiger partial charge in [0.2, 0.25) is 0 Å². The molecule has 12 N–H and O–H groups in total. The van der Waals surface area contributed by atoms with E-state index in [-0.39, 0.29) is 0 Å². The summed E-state index contributed by atoms with van der Waals surface area (Å²) in [5, 5.41) is 0. The third-order valence-corrected chi connectivity index (χ3v) is 8.09. The fourth-order valence-electron chi connectivity index (χ4n) is 2.50. The summed E-state index contributed by atoms with van der Waals surface area (Å²) in [6.45, 7) is 1.43. The Bertz CT molecular complexity index is 458. The van der Waals surface area contributed by atoms with Crippen LogP contribution in [0.5, 0.6) is 0 Å². The normalized spacial score (nSPS) is 13.7. The van der Waals surface area contributed by atoms with E-state index in [0.29, 0.717) is 77.4 Å². The van der Waals surface area contributed by atoms with Crippen molar-refractivity contribution in [2.24, 2.45) is 34.4 Å². The summed E-state index contributed by atoms with van der Waals surface area (Å²) in [6, 6.07) is -2.83. The molecule has 0 amide bonds. The van der Waals surface area contributed by atoms with Gasteiger partial charge in [0.25, 0.3) is 0 Å². The van der Waals surface area contributed by atoms with E-state index in [1.165, 1.54) is 0 Å². The van der Waals surface area contributed by atoms with Crippen molar-refractivity contribution in [1.29, 1.82) is 0 Å². The van der Waals surface area contributed by atoms with Gasteiger partial charge in [0.15, 0.2) is 0 Å². The van der Waals surface area contributed by atoms with E-state index < -0.39 is 58.8 Å². The van der Waals surface area contributed by atoms with Crippen LogP contribution in [0.4, 0.5) is 0 Å². The maximum absolute atomic E-state index is 12.3. The van der Waals surface area contributed by atoms with Gasteiger partial charge in [0, 0.05) is 0 Å². The predicted octanol–water partition coefficient (Wildman–Crippen LogP) is -2.03. The Labute approximate surface area is 193 Å². The Morgan fingerprint density at radius 2 is 0.806 bits per heavy atom. The van der Waals surface area contributed by atoms with Crippen LogP contribution in [-0.2, 0) is 22.9 Å². The molecule has 0 heterocycles. The van der Waals surface area contributed by atoms with Crippen LogP contribution in [0.2, 0.25) is 0 Å². The van der Waals surface area contributed by atoms with Gasteiger partial charge < -0.3 is 0 Å². The molecular formula is C18H39InN6O6. The number of rotatable bonds is 18. The van der Waals surface area contributed by atoms with Crippen molar-refractivity contribution in [2.45, 2.75) is 75.9 Å². The summed E-state index contributed by atoms with van der Waals surface area (Å²) >= 11 is -4.39. The number of carbonyl (C=O) groups excluding carboxylic acids is 3. The van der Waals surface area contributed by atoms with Gasteiger partial charge in [-0.15, -0.1) is 0 Å². The molecule has 0 aliphatic rings. The third kappa shape index (κ3) is 14.7. The molecular weight excluding hydrogens is 511 g/mol. The molecule has 0 saturated heterocycles. The molecule has 0 bridgehead atoms. The van der Waals surface area contributed by atoms with E-state index in [1.807, 2.05) is 0 Å². The number of hydrogen-bond donors (Lipinski definition) is 6. The number of hydrogen-bond acceptors (Lipinski definition) is 12. The van der Waals surface area contributed by atoms with Gasteiger partial charge >= 0.3 is 194 Å². The van der Waals surface area contributed by atoms with Gasteiger partial charge in [-0.1, -0.05) is 0 Å². The molecule has 12 nitrogen and oxygen atoms in total. The van der Waals surface area contributed by atoms with Gasteiger partial charge in [-0.2, -0.15) is 0 Å². The van der Waals surface area contributed by atoms with Crippen LogP contribution in [0.1, 0.15) is 57.8 Å². The van der Waals surface area contributed by atoms with E-state index in [9.17, 15) is 14.4 Å². The Hall–Kier alpha value is -0.960. The van der Waals surface area contributed by atoms with Crippen LogP contribution >= 0.6 is 0 Å². The van der Waals surface area contributed by atoms with Gasteiger partial charge in [-0.25, -0.2) is 0 Å². The summed E-state index contributed by atoms with van der Waals surface area (Å²) < 4.78 is 15.6. The van der Waals surface area contributed by atoms with Crippen LogP contribution in [0.25, 0.3) is 0 Å². The average molecular weight is 550 g/mol. The van der Waals surface area contributed by atoms with Gasteiger partial charge in [-0.05, 0) is 0 Å². The topological polar surface area (TPSA) is 235 Å². The molecule has 0 fully saturated rings. The quantitative estimate of drug-likeness (QED) is 0.101. The first-order chi connectivity index (χ1) is 14.8. The van der Waals surface area contributed by atoms with Gasteiger partial charge in [-0.3, -0.25) is 0 Å². The van der Waals surface area contributed by atoms with E-state index in [4.69, 9.17) is 43.0 Å². The molecule has 0 radical (unpaired) electrons. The summed E-state index contributed by atoms with van der Waals surface area (Å²) in [5.74, 6) is -2.40. The van der Waals surface area contributed by atoms with E-state index in [0.717, 1.165) is 0 Å². The minimum absolute atomic E-state index is 0.341. The van der Waals surface area contributed by atoms with E-state index >= 15 is 0 Å². The van der Waals surface area contributed by atoms with Gasteiger partial charge in [0.05, 0.1) is 0 Å². The fraction of sp³-hybridized carbons (Fsp3) is 0.833. The first-order valence-corrected chi connectivity index (χ1v) is 14.8. The first kappa shape index (κ1) is 30.0. The molecule has 31 heavy (non-hydrogen) atoms. The fourth-order valence-corrected chi connectivity index (χ4v) is 6.03. The summed E-state index contributed by atoms with van der Waals surface area (Å²) in [5.41, 5.74) is 33.7. The maximum atomic E-state index is 12.3. The van der Waals surface area contributed by atoms with Crippen molar-refractivity contribution in [1.82, 2.24) is 0 Å². The Morgan fingerprint density at radius 1 is 0.548 bits per heavy atom. The first-order valence-electron chi connectivity index (χ1n) is 10.7. The molecule has 13 heteroatoms. The number of unbranched alkanes of at least 4 members (excludes halogenated alkanes) is 3. The van der Waals surface area contributed by atoms with Crippen LogP contribution in [0.3, 0.4) is 0 Å². The van der Waals surface area contributed by atoms with Crippen molar-refractivity contribution < 1.29 is 22.9 Å². The van der Waals surface area contributed by atoms with E-state index in [1.54, 1.807) is 0 Å². The molecule has 0 saturated carbocycles. The molecule has 0 aromatic carbocycles. The van der Waals surface area contributed by atoms with Crippen LogP contribution in [-0.4, -0.2) is 78.4 Å². The predicted molar refractivity (Wildman–Crippen MR) is 117 cm³/mol. The molecule has 180 valence electrons. The Kier molecular flexibility index (Phi) is 18.0. The second-order valence-corrected chi connectivity index (χ2v) is 10.9. The SMILES string of the molecule is NCCCC[C@H](N)C(=O)[O][In]([O]C(=O)[C@@H](N)CCCCN)[O]C(=O)[C@@H](N)CCCCN. The van der Waals surface area contributed by atoms with Crippen LogP contribution in [0.15, 0.2) is 0 Å². The van der Waals surface area contributed by atoms with Crippen molar-refractivity contribution in [3.63, 3.8) is 0 Å². The second kappa shape index (κ2) is 18.6. The number of nitrogens with two attached hydrogens (primary N) is 6. The molecule has 3 atom stereocenters. The van der Waals surface area contributed by atoms with Crippen molar-refractivity contribution in [3.8, 4) is 0 Å². The Balaban J connectivity index is 4.96. The van der Waals surface area contributed by atoms with E-state index in [2.05, 4.69) is 0 Å². The molecule has 0 aliphatic heterocycles. The molecule has 0 aromatic heterocycles. The van der Waals surface area contributed by atoms with Gasteiger partial charge in [0.1, 0.15) is 0 Å². The van der Waals surface area contributed by atoms with Crippen LogP contribution < -0.4 is 34.4 Å². The van der Waals surface area contributed by atoms with Crippen molar-refractivity contribution in [2.75, 3.05) is 19.6 Å². The molecule has 0 aliphatic carbocycles. The number of carbonyl (C=O) groups is 3. The standard InChI is InChI=1S/3C6H14N2O2.In/c3*7-4-2-1-3-5(8)6(9)10;/h3*5H,1-4,7-8H2,(H,9,10);/q;;;+3/p-3/t3*5-;/m000./s1. The average Bonchev–Trinajstić information content (AvgIpc) is 2.73. The summed E-state index contributed by atoms with van der Waals surface area (Å²) in [4.78, 5) is 36.8.